The second-order valence-electron chi connectivity index (χ2n) is 9.86. The van der Waals surface area contributed by atoms with E-state index >= 15 is 8.78 Å². The van der Waals surface area contributed by atoms with Gasteiger partial charge in [-0.3, -0.25) is 4.90 Å². The number of hydrogen-bond donors (Lipinski definition) is 2. The highest BCUT2D eigenvalue weighted by Crippen LogP contribution is 2.37. The molecule has 5 nitrogen and oxygen atoms in total. The molecular formula is C29H30F5N5. The molecule has 0 saturated carbocycles. The predicted molar refractivity (Wildman–Crippen MR) is 145 cm³/mol. The molecule has 2 aromatic carbocycles. The molecule has 3 aromatic rings. The molecule has 0 atom stereocenters. The highest BCUT2D eigenvalue weighted by Gasteiger charge is 2.29. The normalized spacial score (nSPS) is 16.2. The molecule has 206 valence electrons. The van der Waals surface area contributed by atoms with Crippen molar-refractivity contribution < 1.29 is 22.0 Å². The number of anilines is 2. The molecule has 2 aliphatic rings. The number of nitrogens with zero attached hydrogens (tertiary/aromatic N) is 3. The summed E-state index contributed by atoms with van der Waals surface area (Å²) in [5.41, 5.74) is 4.91. The first kappa shape index (κ1) is 26.9. The first-order valence-corrected chi connectivity index (χ1v) is 12.9. The van der Waals surface area contributed by atoms with Crippen molar-refractivity contribution in [2.24, 2.45) is 0 Å². The number of rotatable bonds is 6. The van der Waals surface area contributed by atoms with Crippen molar-refractivity contribution in [1.29, 1.82) is 0 Å². The first-order valence-electron chi connectivity index (χ1n) is 12.9. The maximum Gasteiger partial charge on any atom is 0.390 e. The van der Waals surface area contributed by atoms with Crippen molar-refractivity contribution in [1.82, 2.24) is 15.2 Å². The van der Waals surface area contributed by atoms with E-state index in [1.165, 1.54) is 6.07 Å². The lowest BCUT2D eigenvalue weighted by molar-refractivity contribution is -0.138. The Morgan fingerprint density at radius 1 is 0.949 bits per heavy atom. The zero-order chi connectivity index (χ0) is 27.7. The number of hydrogen-bond acceptors (Lipinski definition) is 5. The third-order valence-electron chi connectivity index (χ3n) is 7.38. The van der Waals surface area contributed by atoms with Crippen LogP contribution in [0.25, 0.3) is 28.0 Å². The van der Waals surface area contributed by atoms with Crippen LogP contribution in [0.5, 0.6) is 0 Å². The van der Waals surface area contributed by atoms with Gasteiger partial charge < -0.3 is 15.5 Å². The molecule has 39 heavy (non-hydrogen) atoms. The largest absolute Gasteiger partial charge is 0.390 e. The van der Waals surface area contributed by atoms with Crippen molar-refractivity contribution in [2.45, 2.75) is 19.0 Å². The van der Waals surface area contributed by atoms with E-state index in [9.17, 15) is 13.2 Å². The maximum absolute atomic E-state index is 15.3. The second-order valence-corrected chi connectivity index (χ2v) is 9.86. The Bertz CT molecular complexity index is 1360. The van der Waals surface area contributed by atoms with Crippen LogP contribution < -0.4 is 15.5 Å². The predicted octanol–water partition coefficient (Wildman–Crippen LogP) is 5.93. The fourth-order valence-corrected chi connectivity index (χ4v) is 5.21. The number of piperazine rings is 1. The van der Waals surface area contributed by atoms with E-state index in [0.717, 1.165) is 23.2 Å². The Morgan fingerprint density at radius 3 is 2.33 bits per heavy atom. The van der Waals surface area contributed by atoms with Crippen molar-refractivity contribution in [2.75, 3.05) is 56.5 Å². The zero-order valence-corrected chi connectivity index (χ0v) is 21.6. The Balaban J connectivity index is 1.38. The zero-order valence-electron chi connectivity index (χ0n) is 21.6. The third kappa shape index (κ3) is 5.85. The van der Waals surface area contributed by atoms with Gasteiger partial charge in [-0.1, -0.05) is 18.7 Å². The molecule has 0 spiro atoms. The summed E-state index contributed by atoms with van der Waals surface area (Å²) in [6, 6.07) is 12.2. The molecule has 0 aliphatic carbocycles. The minimum atomic E-state index is -4.15. The number of pyridine rings is 1. The van der Waals surface area contributed by atoms with Crippen LogP contribution in [0.15, 0.2) is 49.0 Å². The van der Waals surface area contributed by atoms with Crippen LogP contribution in [0.4, 0.5) is 33.5 Å². The van der Waals surface area contributed by atoms with Gasteiger partial charge in [0.05, 0.1) is 6.42 Å². The summed E-state index contributed by atoms with van der Waals surface area (Å²) in [4.78, 5) is 8.01. The topological polar surface area (TPSA) is 43.4 Å². The summed E-state index contributed by atoms with van der Waals surface area (Å²) >= 11 is 0. The van der Waals surface area contributed by atoms with Crippen LogP contribution in [0.1, 0.15) is 17.5 Å². The first-order chi connectivity index (χ1) is 18.6. The summed E-state index contributed by atoms with van der Waals surface area (Å²) in [6.45, 7) is 6.97. The highest BCUT2D eigenvalue weighted by atomic mass is 19.4. The molecule has 0 radical (unpaired) electrons. The summed E-state index contributed by atoms with van der Waals surface area (Å²) in [5, 5.41) is 6.03. The summed E-state index contributed by atoms with van der Waals surface area (Å²) < 4.78 is 68.0. The number of halogens is 5. The second kappa shape index (κ2) is 10.8. The summed E-state index contributed by atoms with van der Waals surface area (Å²) in [5.74, 6) is -0.882. The number of aromatic nitrogens is 1. The van der Waals surface area contributed by atoms with E-state index in [0.29, 0.717) is 55.1 Å². The lowest BCUT2D eigenvalue weighted by Crippen LogP contribution is -2.47. The van der Waals surface area contributed by atoms with Crippen LogP contribution in [-0.4, -0.2) is 62.4 Å². The van der Waals surface area contributed by atoms with Gasteiger partial charge in [0.25, 0.3) is 0 Å². The molecule has 3 heterocycles. The minimum absolute atomic E-state index is 0.00392. The van der Waals surface area contributed by atoms with Crippen LogP contribution in [-0.2, 0) is 6.42 Å². The third-order valence-corrected chi connectivity index (χ3v) is 7.38. The van der Waals surface area contributed by atoms with Gasteiger partial charge in [-0.05, 0) is 47.9 Å². The van der Waals surface area contributed by atoms with Crippen LogP contribution in [0, 0.1) is 11.8 Å². The van der Waals surface area contributed by atoms with Gasteiger partial charge in [-0.25, -0.2) is 9.37 Å². The van der Waals surface area contributed by atoms with Gasteiger partial charge >= 0.3 is 6.18 Å². The van der Waals surface area contributed by atoms with Crippen molar-refractivity contribution in [3.05, 3.63) is 71.9 Å². The Morgan fingerprint density at radius 2 is 1.67 bits per heavy atom. The standard InChI is InChI=1S/C29H30F5N5/c1-18-22-17-26(30)24(15-20(22)7-9-36-18)25-16-23(27(31)37-28(25)35-2)19-3-5-21(6-4-19)39-13-11-38(12-14-39)10-8-29(32,33)34/h3-6,15-17,36H,1,7-14H2,2H3,(H,35,37). The fourth-order valence-electron chi connectivity index (χ4n) is 5.21. The van der Waals surface area contributed by atoms with Gasteiger partial charge in [-0.2, -0.15) is 17.6 Å². The molecule has 5 rings (SSSR count). The van der Waals surface area contributed by atoms with Crippen molar-refractivity contribution in [3.8, 4) is 22.3 Å². The average molecular weight is 544 g/mol. The Kier molecular flexibility index (Phi) is 7.48. The molecule has 1 fully saturated rings. The molecule has 1 saturated heterocycles. The number of alkyl halides is 3. The number of benzene rings is 2. The van der Waals surface area contributed by atoms with E-state index in [2.05, 4.69) is 27.1 Å². The molecule has 10 heteroatoms. The molecule has 0 bridgehead atoms. The molecule has 1 aromatic heterocycles. The van der Waals surface area contributed by atoms with E-state index in [1.807, 2.05) is 17.0 Å². The van der Waals surface area contributed by atoms with Crippen LogP contribution >= 0.6 is 0 Å². The van der Waals surface area contributed by atoms with Gasteiger partial charge in [0.1, 0.15) is 11.6 Å². The molecule has 2 N–H and O–H groups in total. The molecule has 0 unspecified atom stereocenters. The lowest BCUT2D eigenvalue weighted by Gasteiger charge is -2.36. The summed E-state index contributed by atoms with van der Waals surface area (Å²) in [7, 11) is 1.62. The minimum Gasteiger partial charge on any atom is -0.385 e. The van der Waals surface area contributed by atoms with E-state index in [-0.39, 0.29) is 17.9 Å². The Labute approximate surface area is 224 Å². The van der Waals surface area contributed by atoms with Gasteiger partial charge in [0.2, 0.25) is 5.95 Å². The van der Waals surface area contributed by atoms with Crippen LogP contribution in [0.2, 0.25) is 0 Å². The van der Waals surface area contributed by atoms with Gasteiger partial charge in [0.15, 0.2) is 0 Å². The van der Waals surface area contributed by atoms with Gasteiger partial charge in [0, 0.05) is 80.0 Å². The molecule has 0 amide bonds. The quantitative estimate of drug-likeness (QED) is 0.298. The van der Waals surface area contributed by atoms with Crippen molar-refractivity contribution in [3.63, 3.8) is 0 Å². The lowest BCUT2D eigenvalue weighted by atomic mass is 9.92. The average Bonchev–Trinajstić information content (AvgIpc) is 2.92. The molecular weight excluding hydrogens is 513 g/mol. The fraction of sp³-hybridized carbons (Fsp3) is 0.345. The summed E-state index contributed by atoms with van der Waals surface area (Å²) in [6.07, 6.45) is -4.24. The van der Waals surface area contributed by atoms with E-state index in [4.69, 9.17) is 0 Å². The van der Waals surface area contributed by atoms with E-state index in [1.54, 1.807) is 31.3 Å². The van der Waals surface area contributed by atoms with Gasteiger partial charge in [-0.15, -0.1) is 0 Å². The monoisotopic (exact) mass is 543 g/mol. The SMILES string of the molecule is C=C1NCCc2cc(-c3cc(-c4ccc(N5CCN(CCC(F)(F)F)CC5)cc4)c(F)nc3NC)c(F)cc21. The molecule has 2 aliphatic heterocycles. The smallest absolute Gasteiger partial charge is 0.385 e. The number of fused-ring (bicyclic) bond motifs is 1. The van der Waals surface area contributed by atoms with Crippen molar-refractivity contribution >= 4 is 17.2 Å². The Hall–Kier alpha value is -3.66. The van der Waals surface area contributed by atoms with Crippen LogP contribution in [0.3, 0.4) is 0 Å². The van der Waals surface area contributed by atoms with E-state index < -0.39 is 24.4 Å². The highest BCUT2D eigenvalue weighted by molar-refractivity contribution is 5.83. The number of nitrogens with one attached hydrogen (secondary N) is 2. The maximum atomic E-state index is 15.3.